The van der Waals surface area contributed by atoms with Crippen LogP contribution in [0.1, 0.15) is 28.4 Å². The van der Waals surface area contributed by atoms with Gasteiger partial charge in [0.05, 0.1) is 31.5 Å². The van der Waals surface area contributed by atoms with Crippen LogP contribution < -0.4 is 0 Å². The van der Waals surface area contributed by atoms with Crippen molar-refractivity contribution in [1.82, 2.24) is 0 Å². The fourth-order valence-electron chi connectivity index (χ4n) is 2.44. The topological polar surface area (TPSA) is 80.9 Å². The van der Waals surface area contributed by atoms with Crippen LogP contribution in [0.3, 0.4) is 0 Å². The molecule has 27 heavy (non-hydrogen) atoms. The molecular formula is C21H23NO5. The lowest BCUT2D eigenvalue weighted by molar-refractivity contribution is -0.270. The number of nitrogens with zero attached hydrogens (tertiary/aromatic N) is 1. The molecule has 1 unspecified atom stereocenters. The number of hydrogen-bond donors (Lipinski definition) is 1. The summed E-state index contributed by atoms with van der Waals surface area (Å²) in [6.45, 7) is 5.85. The van der Waals surface area contributed by atoms with Crippen molar-refractivity contribution < 1.29 is 24.4 Å². The zero-order valence-electron chi connectivity index (χ0n) is 15.3. The molecule has 2 rings (SSSR count). The molecule has 0 saturated carbocycles. The lowest BCUT2D eigenvalue weighted by atomic mass is 9.99. The molecule has 0 aliphatic carbocycles. The molecular weight excluding hydrogens is 346 g/mol. The summed E-state index contributed by atoms with van der Waals surface area (Å²) in [5, 5.41) is 18.2. The smallest absolute Gasteiger partial charge is 0.143 e. The largest absolute Gasteiger partial charge is 0.491 e. The molecule has 0 spiro atoms. The minimum Gasteiger partial charge on any atom is -0.491 e. The third-order valence-electron chi connectivity index (χ3n) is 3.92. The second-order valence-corrected chi connectivity index (χ2v) is 5.72. The molecule has 142 valence electrons. The molecule has 1 atom stereocenters. The molecule has 2 aromatic rings. The van der Waals surface area contributed by atoms with Gasteiger partial charge in [0.1, 0.15) is 18.5 Å². The molecule has 0 saturated heterocycles. The molecule has 0 amide bonds. The standard InChI is InChI=1S/C21H23NO5/c1-16(26-14-13-25-12-11-24-2)18-7-9-20(10-8-18)21(27-23)19-5-3-17(15-22)4-6-19/h3-10,21,23H,1,11-14H2,2H3. The lowest BCUT2D eigenvalue weighted by Crippen LogP contribution is -2.08. The first-order valence-corrected chi connectivity index (χ1v) is 8.48. The van der Waals surface area contributed by atoms with Crippen LogP contribution in [0.15, 0.2) is 55.1 Å². The van der Waals surface area contributed by atoms with Gasteiger partial charge in [-0.1, -0.05) is 43.0 Å². The predicted octanol–water partition coefficient (Wildman–Crippen LogP) is 3.79. The van der Waals surface area contributed by atoms with E-state index in [0.717, 1.165) is 16.7 Å². The summed E-state index contributed by atoms with van der Waals surface area (Å²) in [5.74, 6) is 0.539. The maximum absolute atomic E-state index is 9.31. The van der Waals surface area contributed by atoms with Crippen molar-refractivity contribution in [3.05, 3.63) is 77.4 Å². The van der Waals surface area contributed by atoms with Gasteiger partial charge in [0, 0.05) is 12.7 Å². The van der Waals surface area contributed by atoms with Crippen LogP contribution in [0.2, 0.25) is 0 Å². The van der Waals surface area contributed by atoms with Gasteiger partial charge >= 0.3 is 0 Å². The van der Waals surface area contributed by atoms with Crippen LogP contribution in [-0.4, -0.2) is 38.8 Å². The first-order chi connectivity index (χ1) is 13.2. The van der Waals surface area contributed by atoms with Gasteiger partial charge in [-0.15, -0.1) is 0 Å². The van der Waals surface area contributed by atoms with Crippen LogP contribution in [0.5, 0.6) is 0 Å². The highest BCUT2D eigenvalue weighted by Crippen LogP contribution is 2.27. The molecule has 6 heteroatoms. The minimum absolute atomic E-state index is 0.401. The Balaban J connectivity index is 1.94. The van der Waals surface area contributed by atoms with Crippen molar-refractivity contribution in [1.29, 1.82) is 5.26 Å². The zero-order chi connectivity index (χ0) is 19.5. The van der Waals surface area contributed by atoms with Crippen LogP contribution in [-0.2, 0) is 19.1 Å². The number of rotatable bonds is 11. The van der Waals surface area contributed by atoms with E-state index in [1.165, 1.54) is 0 Å². The summed E-state index contributed by atoms with van der Waals surface area (Å²) in [7, 11) is 1.62. The summed E-state index contributed by atoms with van der Waals surface area (Å²) in [4.78, 5) is 4.64. The Labute approximate surface area is 159 Å². The SMILES string of the molecule is C=C(OCCOCCOC)c1ccc(C(OO)c2ccc(C#N)cc2)cc1. The maximum Gasteiger partial charge on any atom is 0.143 e. The molecule has 0 radical (unpaired) electrons. The van der Waals surface area contributed by atoms with Gasteiger partial charge in [-0.3, -0.25) is 5.26 Å². The van der Waals surface area contributed by atoms with E-state index >= 15 is 0 Å². The van der Waals surface area contributed by atoms with Crippen LogP contribution >= 0.6 is 0 Å². The summed E-state index contributed by atoms with van der Waals surface area (Å²) < 4.78 is 15.8. The van der Waals surface area contributed by atoms with Crippen LogP contribution in [0, 0.1) is 11.3 Å². The molecule has 6 nitrogen and oxygen atoms in total. The van der Waals surface area contributed by atoms with E-state index in [1.807, 2.05) is 24.3 Å². The fraction of sp³-hybridized carbons (Fsp3) is 0.286. The average Bonchev–Trinajstić information content (AvgIpc) is 2.72. The highest BCUT2D eigenvalue weighted by Gasteiger charge is 2.15. The highest BCUT2D eigenvalue weighted by atomic mass is 17.1. The normalized spacial score (nSPS) is 11.6. The van der Waals surface area contributed by atoms with Crippen LogP contribution in [0.4, 0.5) is 0 Å². The number of benzene rings is 2. The first-order valence-electron chi connectivity index (χ1n) is 8.48. The zero-order valence-corrected chi connectivity index (χ0v) is 15.3. The van der Waals surface area contributed by atoms with Crippen molar-refractivity contribution in [2.75, 3.05) is 33.5 Å². The van der Waals surface area contributed by atoms with Gasteiger partial charge in [-0.05, 0) is 23.3 Å². The second-order valence-electron chi connectivity index (χ2n) is 5.72. The second kappa shape index (κ2) is 11.1. The van der Waals surface area contributed by atoms with E-state index in [2.05, 4.69) is 17.5 Å². The van der Waals surface area contributed by atoms with E-state index in [-0.39, 0.29) is 0 Å². The third kappa shape index (κ3) is 6.20. The summed E-state index contributed by atoms with van der Waals surface area (Å²) in [6, 6.07) is 16.3. The van der Waals surface area contributed by atoms with Crippen molar-refractivity contribution >= 4 is 5.76 Å². The molecule has 0 heterocycles. The van der Waals surface area contributed by atoms with Gasteiger partial charge < -0.3 is 14.2 Å². The molecule has 0 bridgehead atoms. The first kappa shape index (κ1) is 20.6. The monoisotopic (exact) mass is 369 g/mol. The van der Waals surface area contributed by atoms with Crippen LogP contribution in [0.25, 0.3) is 5.76 Å². The van der Waals surface area contributed by atoms with Crippen molar-refractivity contribution in [3.8, 4) is 6.07 Å². The van der Waals surface area contributed by atoms with E-state index in [0.29, 0.717) is 37.8 Å². The van der Waals surface area contributed by atoms with Crippen molar-refractivity contribution in [3.63, 3.8) is 0 Å². The van der Waals surface area contributed by atoms with E-state index in [4.69, 9.17) is 19.5 Å². The molecule has 0 aliphatic heterocycles. The molecule has 0 fully saturated rings. The van der Waals surface area contributed by atoms with E-state index in [1.54, 1.807) is 31.4 Å². The Hall–Kier alpha value is -2.69. The Kier molecular flexibility index (Phi) is 8.49. The van der Waals surface area contributed by atoms with Crippen molar-refractivity contribution in [2.45, 2.75) is 6.10 Å². The Morgan fingerprint density at radius 2 is 1.59 bits per heavy atom. The molecule has 0 aromatic heterocycles. The predicted molar refractivity (Wildman–Crippen MR) is 101 cm³/mol. The number of hydrogen-bond acceptors (Lipinski definition) is 6. The fourth-order valence-corrected chi connectivity index (χ4v) is 2.44. The highest BCUT2D eigenvalue weighted by molar-refractivity contribution is 5.58. The van der Waals surface area contributed by atoms with Gasteiger partial charge in [0.2, 0.25) is 0 Å². The molecule has 0 aliphatic rings. The Morgan fingerprint density at radius 3 is 2.15 bits per heavy atom. The molecule has 2 aromatic carbocycles. The van der Waals surface area contributed by atoms with Gasteiger partial charge in [0.25, 0.3) is 0 Å². The van der Waals surface area contributed by atoms with Gasteiger partial charge in [0.15, 0.2) is 0 Å². The average molecular weight is 369 g/mol. The maximum atomic E-state index is 9.31. The van der Waals surface area contributed by atoms with Gasteiger partial charge in [-0.25, -0.2) is 4.89 Å². The van der Waals surface area contributed by atoms with Crippen molar-refractivity contribution in [2.24, 2.45) is 0 Å². The number of nitriles is 1. The van der Waals surface area contributed by atoms with E-state index < -0.39 is 6.10 Å². The Bertz CT molecular complexity index is 750. The third-order valence-corrected chi connectivity index (χ3v) is 3.92. The molecule has 1 N–H and O–H groups in total. The summed E-state index contributed by atoms with van der Waals surface area (Å²) >= 11 is 0. The summed E-state index contributed by atoms with van der Waals surface area (Å²) in [5.41, 5.74) is 2.88. The van der Waals surface area contributed by atoms with E-state index in [9.17, 15) is 5.26 Å². The number of ether oxygens (including phenoxy) is 3. The minimum atomic E-state index is -0.643. The number of methoxy groups -OCH3 is 1. The quantitative estimate of drug-likeness (QED) is 0.281. The summed E-state index contributed by atoms with van der Waals surface area (Å²) in [6.07, 6.45) is -0.643. The lowest BCUT2D eigenvalue weighted by Gasteiger charge is -2.15. The Morgan fingerprint density at radius 1 is 1.00 bits per heavy atom. The van der Waals surface area contributed by atoms with Gasteiger partial charge in [-0.2, -0.15) is 5.26 Å².